The van der Waals surface area contributed by atoms with Crippen LogP contribution in [-0.4, -0.2) is 30.0 Å². The fourth-order valence-corrected chi connectivity index (χ4v) is 2.91. The van der Waals surface area contributed by atoms with Crippen molar-refractivity contribution in [1.82, 2.24) is 0 Å². The number of Topliss-reactive ketones (excluding diaryl/α,β-unsaturated/α-hetero) is 1. The second-order valence-corrected chi connectivity index (χ2v) is 5.78. The molecule has 1 amide bonds. The van der Waals surface area contributed by atoms with E-state index in [9.17, 15) is 19.7 Å². The van der Waals surface area contributed by atoms with Crippen LogP contribution in [0.2, 0.25) is 0 Å². The Labute approximate surface area is 149 Å². The minimum absolute atomic E-state index is 0.0747. The molecule has 1 heterocycles. The minimum Gasteiger partial charge on any atom is -0.497 e. The molecule has 0 radical (unpaired) electrons. The number of nitro groups is 1. The molecular weight excluding hydrogens is 340 g/mol. The number of benzene rings is 2. The maximum Gasteiger partial charge on any atom is 0.415 e. The Morgan fingerprint density at radius 1 is 1.15 bits per heavy atom. The van der Waals surface area contributed by atoms with Gasteiger partial charge in [-0.3, -0.25) is 19.8 Å². The van der Waals surface area contributed by atoms with Crippen molar-refractivity contribution in [2.75, 3.05) is 12.0 Å². The van der Waals surface area contributed by atoms with E-state index in [4.69, 9.17) is 9.47 Å². The number of amides is 1. The van der Waals surface area contributed by atoms with Gasteiger partial charge in [0.25, 0.3) is 5.69 Å². The van der Waals surface area contributed by atoms with E-state index in [0.29, 0.717) is 17.0 Å². The number of ketones is 1. The summed E-state index contributed by atoms with van der Waals surface area (Å²) >= 11 is 0. The number of rotatable bonds is 5. The van der Waals surface area contributed by atoms with E-state index >= 15 is 0 Å². The molecule has 1 aliphatic rings. The van der Waals surface area contributed by atoms with Crippen LogP contribution in [0.4, 0.5) is 16.2 Å². The number of ether oxygens (including phenoxy) is 2. The number of methoxy groups -OCH3 is 1. The Kier molecular flexibility index (Phi) is 4.57. The number of cyclic esters (lactones) is 1. The fraction of sp³-hybridized carbons (Fsp3) is 0.222. The predicted octanol–water partition coefficient (Wildman–Crippen LogP) is 3.26. The number of nitrogens with zero attached hydrogens (tertiary/aromatic N) is 2. The molecule has 1 saturated heterocycles. The van der Waals surface area contributed by atoms with Gasteiger partial charge in [0, 0.05) is 17.8 Å². The van der Waals surface area contributed by atoms with Crippen molar-refractivity contribution < 1.29 is 24.0 Å². The van der Waals surface area contributed by atoms with Crippen molar-refractivity contribution in [3.63, 3.8) is 0 Å². The number of nitro benzene ring substituents is 1. The van der Waals surface area contributed by atoms with Crippen LogP contribution in [0.15, 0.2) is 48.5 Å². The zero-order valence-corrected chi connectivity index (χ0v) is 14.1. The van der Waals surface area contributed by atoms with Gasteiger partial charge in [-0.05, 0) is 48.9 Å². The molecule has 26 heavy (non-hydrogen) atoms. The van der Waals surface area contributed by atoms with Gasteiger partial charge >= 0.3 is 6.09 Å². The zero-order chi connectivity index (χ0) is 18.8. The first-order chi connectivity index (χ1) is 12.4. The van der Waals surface area contributed by atoms with E-state index < -0.39 is 23.2 Å². The lowest BCUT2D eigenvalue weighted by molar-refractivity contribution is -0.384. The molecule has 2 aromatic carbocycles. The molecule has 8 heteroatoms. The third-order valence-electron chi connectivity index (χ3n) is 4.19. The molecule has 2 aromatic rings. The van der Waals surface area contributed by atoms with Crippen molar-refractivity contribution in [1.29, 1.82) is 0 Å². The summed E-state index contributed by atoms with van der Waals surface area (Å²) in [5.74, 6) is 0.314. The number of carbonyl (C=O) groups excluding carboxylic acids is 2. The van der Waals surface area contributed by atoms with Crippen molar-refractivity contribution in [3.05, 3.63) is 64.2 Å². The van der Waals surface area contributed by atoms with Crippen LogP contribution in [0.3, 0.4) is 0 Å². The summed E-state index contributed by atoms with van der Waals surface area (Å²) in [7, 11) is 1.53. The number of carbonyl (C=O) groups is 2. The molecule has 0 aliphatic carbocycles. The molecule has 1 aliphatic heterocycles. The number of hydrogen-bond acceptors (Lipinski definition) is 6. The highest BCUT2D eigenvalue weighted by atomic mass is 16.6. The summed E-state index contributed by atoms with van der Waals surface area (Å²) in [5.41, 5.74) is 1.02. The van der Waals surface area contributed by atoms with E-state index in [1.54, 1.807) is 24.3 Å². The Morgan fingerprint density at radius 2 is 1.77 bits per heavy atom. The monoisotopic (exact) mass is 356 g/mol. The fourth-order valence-electron chi connectivity index (χ4n) is 2.91. The maximum atomic E-state index is 12.4. The first-order valence-corrected chi connectivity index (χ1v) is 7.81. The Morgan fingerprint density at radius 3 is 2.27 bits per heavy atom. The molecule has 134 valence electrons. The van der Waals surface area contributed by atoms with Crippen molar-refractivity contribution >= 4 is 23.3 Å². The number of anilines is 1. The van der Waals surface area contributed by atoms with Crippen LogP contribution in [-0.2, 0) is 9.53 Å². The second-order valence-electron chi connectivity index (χ2n) is 5.78. The Balaban J connectivity index is 2.03. The SMILES string of the molecule is COc1ccc(N2C(=O)O[C@H](C(C)=O)[C@H]2c2ccc([N+](=O)[O-])cc2)cc1. The number of non-ortho nitro benzene ring substituents is 1. The highest BCUT2D eigenvalue weighted by Crippen LogP contribution is 2.38. The van der Waals surface area contributed by atoms with E-state index in [0.717, 1.165) is 0 Å². The average Bonchev–Trinajstić information content (AvgIpc) is 2.99. The third-order valence-corrected chi connectivity index (χ3v) is 4.19. The number of hydrogen-bond donors (Lipinski definition) is 0. The molecule has 3 rings (SSSR count). The quantitative estimate of drug-likeness (QED) is 0.602. The Hall–Kier alpha value is -3.42. The highest BCUT2D eigenvalue weighted by molar-refractivity contribution is 5.97. The zero-order valence-electron chi connectivity index (χ0n) is 14.1. The lowest BCUT2D eigenvalue weighted by Crippen LogP contribution is -2.31. The molecule has 0 unspecified atom stereocenters. The van der Waals surface area contributed by atoms with Crippen LogP contribution in [0.1, 0.15) is 18.5 Å². The van der Waals surface area contributed by atoms with Crippen molar-refractivity contribution in [2.24, 2.45) is 0 Å². The summed E-state index contributed by atoms with van der Waals surface area (Å²) in [4.78, 5) is 36.1. The molecular formula is C18H16N2O6. The summed E-state index contributed by atoms with van der Waals surface area (Å²) < 4.78 is 10.4. The van der Waals surface area contributed by atoms with Gasteiger partial charge in [0.05, 0.1) is 12.0 Å². The predicted molar refractivity (Wildman–Crippen MR) is 92.3 cm³/mol. The minimum atomic E-state index is -0.994. The van der Waals surface area contributed by atoms with Gasteiger partial charge in [-0.15, -0.1) is 0 Å². The van der Waals surface area contributed by atoms with Crippen LogP contribution in [0.5, 0.6) is 5.75 Å². The molecule has 0 spiro atoms. The van der Waals surface area contributed by atoms with Crippen LogP contribution >= 0.6 is 0 Å². The first kappa shape index (κ1) is 17.4. The smallest absolute Gasteiger partial charge is 0.415 e. The normalized spacial score (nSPS) is 19.2. The Bertz CT molecular complexity index is 847. The maximum absolute atomic E-state index is 12.4. The summed E-state index contributed by atoms with van der Waals surface area (Å²) in [6.07, 6.45) is -1.65. The standard InChI is InChI=1S/C18H16N2O6/c1-11(21)17-16(12-3-5-14(6-4-12)20(23)24)19(18(22)26-17)13-7-9-15(25-2)10-8-13/h3-10,16-17H,1-2H3/t16-,17-/m1/s1. The third kappa shape index (κ3) is 3.08. The second kappa shape index (κ2) is 6.83. The molecule has 0 saturated carbocycles. The van der Waals surface area contributed by atoms with Gasteiger partial charge in [-0.25, -0.2) is 4.79 Å². The molecule has 2 atom stereocenters. The summed E-state index contributed by atoms with van der Waals surface area (Å²) in [6.45, 7) is 1.34. The highest BCUT2D eigenvalue weighted by Gasteiger charge is 2.46. The van der Waals surface area contributed by atoms with Crippen LogP contribution in [0.25, 0.3) is 0 Å². The van der Waals surface area contributed by atoms with Gasteiger partial charge in [-0.1, -0.05) is 0 Å². The molecule has 1 fully saturated rings. The molecule has 8 nitrogen and oxygen atoms in total. The summed E-state index contributed by atoms with van der Waals surface area (Å²) in [6, 6.07) is 11.8. The van der Waals surface area contributed by atoms with Crippen LogP contribution in [0, 0.1) is 10.1 Å². The van der Waals surface area contributed by atoms with Gasteiger partial charge in [0.1, 0.15) is 11.8 Å². The van der Waals surface area contributed by atoms with Gasteiger partial charge < -0.3 is 9.47 Å². The lowest BCUT2D eigenvalue weighted by atomic mass is 9.97. The van der Waals surface area contributed by atoms with Crippen molar-refractivity contribution in [3.8, 4) is 5.75 Å². The van der Waals surface area contributed by atoms with E-state index in [1.807, 2.05) is 0 Å². The van der Waals surface area contributed by atoms with Crippen LogP contribution < -0.4 is 9.64 Å². The van der Waals surface area contributed by atoms with Gasteiger partial charge in [0.2, 0.25) is 0 Å². The average molecular weight is 356 g/mol. The molecule has 0 bridgehead atoms. The van der Waals surface area contributed by atoms with Gasteiger partial charge in [-0.2, -0.15) is 0 Å². The van der Waals surface area contributed by atoms with E-state index in [-0.39, 0.29) is 11.5 Å². The summed E-state index contributed by atoms with van der Waals surface area (Å²) in [5, 5.41) is 10.9. The molecule has 0 aromatic heterocycles. The molecule has 0 N–H and O–H groups in total. The van der Waals surface area contributed by atoms with E-state index in [2.05, 4.69) is 0 Å². The first-order valence-electron chi connectivity index (χ1n) is 7.81. The largest absolute Gasteiger partial charge is 0.497 e. The topological polar surface area (TPSA) is 99.0 Å². The van der Waals surface area contributed by atoms with E-state index in [1.165, 1.54) is 43.2 Å². The van der Waals surface area contributed by atoms with Crippen molar-refractivity contribution in [2.45, 2.75) is 19.1 Å². The lowest BCUT2D eigenvalue weighted by Gasteiger charge is -2.24. The van der Waals surface area contributed by atoms with Gasteiger partial charge in [0.15, 0.2) is 11.9 Å².